The molecule has 0 radical (unpaired) electrons. The first-order valence-electron chi connectivity index (χ1n) is 21.8. The Morgan fingerprint density at radius 1 is 0.500 bits per heavy atom. The number of carboxylic acids is 1. The van der Waals surface area contributed by atoms with Crippen molar-refractivity contribution >= 4 is 17.8 Å². The fourth-order valence-electron chi connectivity index (χ4n) is 6.69. The summed E-state index contributed by atoms with van der Waals surface area (Å²) in [5, 5.41) is 11.1. The van der Waals surface area contributed by atoms with Crippen LogP contribution < -0.4 is 5.32 Å². The van der Waals surface area contributed by atoms with Gasteiger partial charge in [-0.15, -0.1) is 0 Å². The van der Waals surface area contributed by atoms with Crippen molar-refractivity contribution in [3.63, 3.8) is 0 Å². The van der Waals surface area contributed by atoms with E-state index < -0.39 is 5.97 Å². The van der Waals surface area contributed by atoms with Gasteiger partial charge in [-0.2, -0.15) is 0 Å². The van der Waals surface area contributed by atoms with E-state index in [-0.39, 0.29) is 24.5 Å². The molecule has 0 aliphatic heterocycles. The molecule has 0 saturated carbocycles. The minimum Gasteiger partial charge on any atom is -0.480 e. The predicted molar refractivity (Wildman–Crippen MR) is 213 cm³/mol. The fraction of sp³-hybridized carbons (Fsp3) is 0.886. The molecular weight excluding hydrogens is 622 g/mol. The van der Waals surface area contributed by atoms with Gasteiger partial charge >= 0.3 is 11.9 Å². The Morgan fingerprint density at radius 2 is 0.860 bits per heavy atom. The van der Waals surface area contributed by atoms with E-state index >= 15 is 0 Å². The molecule has 0 aromatic heterocycles. The van der Waals surface area contributed by atoms with E-state index in [2.05, 4.69) is 31.3 Å². The summed E-state index contributed by atoms with van der Waals surface area (Å²) in [5.41, 5.74) is 0. The summed E-state index contributed by atoms with van der Waals surface area (Å²) < 4.78 is 6.03. The van der Waals surface area contributed by atoms with Crippen LogP contribution >= 0.6 is 0 Å². The van der Waals surface area contributed by atoms with Crippen LogP contribution in [0, 0.1) is 0 Å². The number of rotatable bonds is 40. The Kier molecular flexibility index (Phi) is 38.5. The highest BCUT2D eigenvalue weighted by Gasteiger charge is 2.14. The van der Waals surface area contributed by atoms with Crippen LogP contribution in [0.5, 0.6) is 0 Å². The molecule has 0 rings (SSSR count). The third kappa shape index (κ3) is 38.9. The van der Waals surface area contributed by atoms with Crippen molar-refractivity contribution in [2.75, 3.05) is 6.54 Å². The summed E-state index contributed by atoms with van der Waals surface area (Å²) in [5.74, 6) is -1.22. The van der Waals surface area contributed by atoms with Crippen molar-refractivity contribution in [3.05, 3.63) is 12.2 Å². The fourth-order valence-corrected chi connectivity index (χ4v) is 6.69. The summed E-state index contributed by atoms with van der Waals surface area (Å²) in [6.45, 7) is 4.23. The van der Waals surface area contributed by atoms with E-state index in [9.17, 15) is 14.4 Å². The maximum Gasteiger partial charge on any atom is 0.322 e. The van der Waals surface area contributed by atoms with Crippen LogP contribution in [-0.2, 0) is 19.1 Å². The van der Waals surface area contributed by atoms with Gasteiger partial charge in [-0.25, -0.2) is 0 Å². The molecule has 0 aromatic carbocycles. The molecule has 0 aliphatic carbocycles. The SMILES string of the molecule is CCCCCC/C=C\CCCCCCCC(=O)OC(CCCCCCCCCCCCCCCCC)CCCCCCCC(=O)NCC(=O)O. The molecule has 0 bridgehead atoms. The highest BCUT2D eigenvalue weighted by molar-refractivity contribution is 5.80. The maximum atomic E-state index is 12.7. The summed E-state index contributed by atoms with van der Waals surface area (Å²) in [6.07, 6.45) is 46.2. The molecule has 0 saturated heterocycles. The highest BCUT2D eigenvalue weighted by atomic mass is 16.5. The predicted octanol–water partition coefficient (Wildman–Crippen LogP) is 13.3. The summed E-state index contributed by atoms with van der Waals surface area (Å²) in [4.78, 5) is 35.0. The van der Waals surface area contributed by atoms with E-state index in [0.29, 0.717) is 12.8 Å². The molecule has 6 heteroatoms. The molecule has 0 aliphatic rings. The van der Waals surface area contributed by atoms with Crippen molar-refractivity contribution in [2.45, 2.75) is 245 Å². The second kappa shape index (κ2) is 39.9. The Labute approximate surface area is 310 Å². The minimum absolute atomic E-state index is 0.0191. The zero-order valence-electron chi connectivity index (χ0n) is 33.3. The molecule has 0 spiro atoms. The lowest BCUT2D eigenvalue weighted by Gasteiger charge is -2.18. The maximum absolute atomic E-state index is 12.7. The molecule has 0 fully saturated rings. The lowest BCUT2D eigenvalue weighted by Crippen LogP contribution is -2.28. The first kappa shape index (κ1) is 48.1. The van der Waals surface area contributed by atoms with Gasteiger partial charge in [-0.1, -0.05) is 174 Å². The van der Waals surface area contributed by atoms with Gasteiger partial charge in [0, 0.05) is 12.8 Å². The van der Waals surface area contributed by atoms with Gasteiger partial charge in [0.25, 0.3) is 0 Å². The van der Waals surface area contributed by atoms with Crippen molar-refractivity contribution in [1.82, 2.24) is 5.32 Å². The Bertz CT molecular complexity index is 782. The van der Waals surface area contributed by atoms with Crippen LogP contribution in [-0.4, -0.2) is 35.6 Å². The zero-order valence-corrected chi connectivity index (χ0v) is 33.3. The minimum atomic E-state index is -1.01. The number of unbranched alkanes of at least 4 members (excludes halogenated alkanes) is 27. The second-order valence-corrected chi connectivity index (χ2v) is 15.0. The summed E-state index contributed by atoms with van der Waals surface area (Å²) in [7, 11) is 0. The number of hydrogen-bond donors (Lipinski definition) is 2. The van der Waals surface area contributed by atoms with Crippen molar-refractivity contribution in [3.8, 4) is 0 Å². The van der Waals surface area contributed by atoms with Gasteiger partial charge < -0.3 is 15.2 Å². The molecule has 2 N–H and O–H groups in total. The lowest BCUT2D eigenvalue weighted by atomic mass is 10.0. The molecule has 1 amide bonds. The third-order valence-electron chi connectivity index (χ3n) is 9.94. The van der Waals surface area contributed by atoms with Crippen LogP contribution in [0.25, 0.3) is 0 Å². The van der Waals surface area contributed by atoms with Crippen molar-refractivity contribution in [2.24, 2.45) is 0 Å². The summed E-state index contributed by atoms with van der Waals surface area (Å²) >= 11 is 0. The van der Waals surface area contributed by atoms with Gasteiger partial charge in [-0.3, -0.25) is 14.4 Å². The number of carbonyl (C=O) groups is 3. The van der Waals surface area contributed by atoms with Gasteiger partial charge in [0.2, 0.25) is 5.91 Å². The monoisotopic (exact) mass is 706 g/mol. The number of amides is 1. The van der Waals surface area contributed by atoms with Crippen molar-refractivity contribution < 1.29 is 24.2 Å². The topological polar surface area (TPSA) is 92.7 Å². The van der Waals surface area contributed by atoms with E-state index in [1.165, 1.54) is 148 Å². The van der Waals surface area contributed by atoms with Crippen LogP contribution in [0.15, 0.2) is 12.2 Å². The van der Waals surface area contributed by atoms with Crippen molar-refractivity contribution in [1.29, 1.82) is 0 Å². The van der Waals surface area contributed by atoms with Gasteiger partial charge in [-0.05, 0) is 64.2 Å². The number of nitrogens with one attached hydrogen (secondary N) is 1. The average molecular weight is 706 g/mol. The number of allylic oxidation sites excluding steroid dienone is 2. The zero-order chi connectivity index (χ0) is 36.6. The first-order valence-corrected chi connectivity index (χ1v) is 21.8. The van der Waals surface area contributed by atoms with Gasteiger partial charge in [0.1, 0.15) is 12.6 Å². The largest absolute Gasteiger partial charge is 0.480 e. The second-order valence-electron chi connectivity index (χ2n) is 15.0. The Morgan fingerprint density at radius 3 is 1.30 bits per heavy atom. The smallest absolute Gasteiger partial charge is 0.322 e. The van der Waals surface area contributed by atoms with E-state index in [1.807, 2.05) is 0 Å². The normalized spacial score (nSPS) is 12.0. The number of carboxylic acid groups (broad SMARTS) is 1. The van der Waals surface area contributed by atoms with E-state index in [0.717, 1.165) is 64.2 Å². The van der Waals surface area contributed by atoms with Crippen LogP contribution in [0.2, 0.25) is 0 Å². The number of esters is 1. The third-order valence-corrected chi connectivity index (χ3v) is 9.94. The molecule has 0 aromatic rings. The molecule has 50 heavy (non-hydrogen) atoms. The number of carbonyl (C=O) groups excluding carboxylic acids is 2. The molecule has 294 valence electrons. The van der Waals surface area contributed by atoms with E-state index in [4.69, 9.17) is 9.84 Å². The quantitative estimate of drug-likeness (QED) is 0.0376. The molecular formula is C44H83NO5. The standard InChI is InChI=1S/C44H83NO5/c1-3-5-7-9-11-13-15-17-18-20-21-23-25-28-32-36-41(37-33-29-27-30-34-38-42(46)45-40-43(47)48)50-44(49)39-35-31-26-24-22-19-16-14-12-10-8-6-4-2/h14,16,41H,3-13,15,17-40H2,1-2H3,(H,45,46)(H,47,48)/b16-14-. The number of aliphatic carboxylic acids is 1. The van der Waals surface area contributed by atoms with E-state index in [1.54, 1.807) is 0 Å². The molecule has 0 heterocycles. The molecule has 1 atom stereocenters. The first-order chi connectivity index (χ1) is 24.5. The van der Waals surface area contributed by atoms with Gasteiger partial charge in [0.15, 0.2) is 0 Å². The lowest BCUT2D eigenvalue weighted by molar-refractivity contribution is -0.150. The Hall–Kier alpha value is -1.85. The number of ether oxygens (including phenoxy) is 1. The molecule has 6 nitrogen and oxygen atoms in total. The highest BCUT2D eigenvalue weighted by Crippen LogP contribution is 2.19. The molecule has 1 unspecified atom stereocenters. The average Bonchev–Trinajstić information content (AvgIpc) is 3.10. The van der Waals surface area contributed by atoms with Crippen LogP contribution in [0.1, 0.15) is 239 Å². The van der Waals surface area contributed by atoms with Crippen LogP contribution in [0.3, 0.4) is 0 Å². The summed E-state index contributed by atoms with van der Waals surface area (Å²) in [6, 6.07) is 0. The van der Waals surface area contributed by atoms with Gasteiger partial charge in [0.05, 0.1) is 0 Å². The Balaban J connectivity index is 4.16. The number of hydrogen-bond acceptors (Lipinski definition) is 4. The van der Waals surface area contributed by atoms with Crippen LogP contribution in [0.4, 0.5) is 0 Å².